The molecule has 16 heavy (non-hydrogen) atoms. The van der Waals surface area contributed by atoms with Gasteiger partial charge in [0.05, 0.1) is 12.8 Å². The second-order valence-corrected chi connectivity index (χ2v) is 3.14. The molecule has 0 radical (unpaired) electrons. The zero-order chi connectivity index (χ0) is 11.5. The zero-order valence-electron chi connectivity index (χ0n) is 8.51. The topological polar surface area (TPSA) is 55.2 Å². The molecular weight excluding hydrogens is 211 g/mol. The van der Waals surface area contributed by atoms with Crippen LogP contribution < -0.4 is 4.74 Å². The molecule has 2 rings (SSSR count). The Morgan fingerprint density at radius 3 is 2.69 bits per heavy atom. The average Bonchev–Trinajstić information content (AvgIpc) is 2.28. The van der Waals surface area contributed by atoms with Crippen LogP contribution in [0.5, 0.6) is 11.6 Å². The molecular formula is C11H9FN2O2. The number of halogens is 1. The lowest BCUT2D eigenvalue weighted by Gasteiger charge is -2.03. The largest absolute Gasteiger partial charge is 0.508 e. The van der Waals surface area contributed by atoms with Crippen LogP contribution in [0.4, 0.5) is 4.39 Å². The predicted molar refractivity (Wildman–Crippen MR) is 55.6 cm³/mol. The van der Waals surface area contributed by atoms with Crippen LogP contribution in [-0.4, -0.2) is 22.2 Å². The van der Waals surface area contributed by atoms with Gasteiger partial charge in [-0.3, -0.25) is 0 Å². The lowest BCUT2D eigenvalue weighted by atomic mass is 10.1. The predicted octanol–water partition coefficient (Wildman–Crippen LogP) is 2.00. The number of hydrogen-bond acceptors (Lipinski definition) is 4. The van der Waals surface area contributed by atoms with Gasteiger partial charge >= 0.3 is 0 Å². The highest BCUT2D eigenvalue weighted by atomic mass is 19.1. The van der Waals surface area contributed by atoms with Crippen LogP contribution >= 0.6 is 0 Å². The van der Waals surface area contributed by atoms with Crippen LogP contribution in [0.3, 0.4) is 0 Å². The number of hydrogen-bond donors (Lipinski definition) is 1. The van der Waals surface area contributed by atoms with Gasteiger partial charge in [0, 0.05) is 17.7 Å². The minimum Gasteiger partial charge on any atom is -0.508 e. The van der Waals surface area contributed by atoms with Gasteiger partial charge in [-0.05, 0) is 12.1 Å². The minimum atomic E-state index is -0.521. The van der Waals surface area contributed by atoms with Gasteiger partial charge in [-0.1, -0.05) is 0 Å². The minimum absolute atomic E-state index is 0.146. The molecule has 0 fully saturated rings. The molecule has 0 aliphatic heterocycles. The average molecular weight is 220 g/mol. The Labute approximate surface area is 91.4 Å². The summed E-state index contributed by atoms with van der Waals surface area (Å²) < 4.78 is 18.0. The van der Waals surface area contributed by atoms with Crippen molar-refractivity contribution >= 4 is 0 Å². The summed E-state index contributed by atoms with van der Waals surface area (Å²) in [5.74, 6) is -0.283. The van der Waals surface area contributed by atoms with Crippen LogP contribution in [-0.2, 0) is 0 Å². The molecule has 1 N–H and O–H groups in total. The number of ether oxygens (including phenoxy) is 1. The lowest BCUT2D eigenvalue weighted by Crippen LogP contribution is -1.91. The summed E-state index contributed by atoms with van der Waals surface area (Å²) in [5.41, 5.74) is 0.958. The number of aromatic hydroxyl groups is 1. The lowest BCUT2D eigenvalue weighted by molar-refractivity contribution is 0.397. The first kappa shape index (κ1) is 10.4. The Morgan fingerprint density at radius 1 is 1.19 bits per heavy atom. The second-order valence-electron chi connectivity index (χ2n) is 3.14. The van der Waals surface area contributed by atoms with E-state index in [0.717, 1.165) is 6.07 Å². The van der Waals surface area contributed by atoms with E-state index in [0.29, 0.717) is 17.1 Å². The van der Waals surface area contributed by atoms with E-state index in [2.05, 4.69) is 9.97 Å². The molecule has 82 valence electrons. The molecule has 0 amide bonds. The molecule has 2 aromatic rings. The Morgan fingerprint density at radius 2 is 2.00 bits per heavy atom. The van der Waals surface area contributed by atoms with Crippen molar-refractivity contribution in [1.82, 2.24) is 9.97 Å². The monoisotopic (exact) mass is 220 g/mol. The normalized spacial score (nSPS) is 10.1. The van der Waals surface area contributed by atoms with Crippen LogP contribution in [0.25, 0.3) is 11.3 Å². The quantitative estimate of drug-likeness (QED) is 0.840. The van der Waals surface area contributed by atoms with Crippen molar-refractivity contribution in [3.05, 3.63) is 36.4 Å². The summed E-state index contributed by atoms with van der Waals surface area (Å²) in [6.07, 6.45) is 1.32. The molecule has 1 aromatic carbocycles. The van der Waals surface area contributed by atoms with Gasteiger partial charge < -0.3 is 9.84 Å². The van der Waals surface area contributed by atoms with E-state index in [1.165, 1.54) is 25.6 Å². The van der Waals surface area contributed by atoms with Crippen molar-refractivity contribution in [2.75, 3.05) is 7.11 Å². The van der Waals surface area contributed by atoms with Crippen LogP contribution in [0, 0.1) is 5.82 Å². The van der Waals surface area contributed by atoms with Crippen molar-refractivity contribution in [2.24, 2.45) is 0 Å². The van der Waals surface area contributed by atoms with E-state index >= 15 is 0 Å². The van der Waals surface area contributed by atoms with Crippen LogP contribution in [0.1, 0.15) is 0 Å². The van der Waals surface area contributed by atoms with E-state index < -0.39 is 5.82 Å². The zero-order valence-corrected chi connectivity index (χ0v) is 8.51. The molecule has 0 atom stereocenters. The Bertz CT molecular complexity index is 497. The molecule has 1 heterocycles. The Balaban J connectivity index is 2.49. The van der Waals surface area contributed by atoms with Crippen molar-refractivity contribution in [2.45, 2.75) is 0 Å². The van der Waals surface area contributed by atoms with Gasteiger partial charge in [-0.15, -0.1) is 0 Å². The Hall–Kier alpha value is -2.17. The number of nitrogens with zero attached hydrogens (tertiary/aromatic N) is 2. The number of benzene rings is 1. The fourth-order valence-electron chi connectivity index (χ4n) is 1.33. The maximum absolute atomic E-state index is 13.1. The van der Waals surface area contributed by atoms with E-state index in [4.69, 9.17) is 4.74 Å². The van der Waals surface area contributed by atoms with Gasteiger partial charge in [0.1, 0.15) is 17.9 Å². The molecule has 5 heteroatoms. The third-order valence-corrected chi connectivity index (χ3v) is 2.03. The van der Waals surface area contributed by atoms with Crippen molar-refractivity contribution in [3.8, 4) is 22.9 Å². The smallest absolute Gasteiger partial charge is 0.216 e. The summed E-state index contributed by atoms with van der Waals surface area (Å²) in [6, 6.07) is 5.29. The third kappa shape index (κ3) is 2.08. The highest BCUT2D eigenvalue weighted by molar-refractivity contribution is 5.61. The molecule has 0 aliphatic rings. The molecule has 1 aromatic heterocycles. The maximum Gasteiger partial charge on any atom is 0.216 e. The van der Waals surface area contributed by atoms with Gasteiger partial charge in [-0.25, -0.2) is 14.4 Å². The van der Waals surface area contributed by atoms with E-state index in [1.54, 1.807) is 6.07 Å². The van der Waals surface area contributed by atoms with E-state index in [9.17, 15) is 9.50 Å². The number of rotatable bonds is 2. The first-order chi connectivity index (χ1) is 7.69. The molecule has 0 bridgehead atoms. The van der Waals surface area contributed by atoms with Gasteiger partial charge in [-0.2, -0.15) is 0 Å². The number of aromatic nitrogens is 2. The SMILES string of the molecule is COc1cc(-c2cc(O)cc(F)c2)ncn1. The van der Waals surface area contributed by atoms with Crippen LogP contribution in [0.2, 0.25) is 0 Å². The fourth-order valence-corrected chi connectivity index (χ4v) is 1.33. The summed E-state index contributed by atoms with van der Waals surface area (Å²) in [7, 11) is 1.48. The van der Waals surface area contributed by atoms with E-state index in [1.807, 2.05) is 0 Å². The molecule has 0 unspecified atom stereocenters. The molecule has 0 saturated heterocycles. The first-order valence-electron chi connectivity index (χ1n) is 4.55. The first-order valence-corrected chi connectivity index (χ1v) is 4.55. The summed E-state index contributed by atoms with van der Waals surface area (Å²) in [6.45, 7) is 0. The third-order valence-electron chi connectivity index (χ3n) is 2.03. The highest BCUT2D eigenvalue weighted by Crippen LogP contribution is 2.24. The molecule has 0 aliphatic carbocycles. The fraction of sp³-hybridized carbons (Fsp3) is 0.0909. The molecule has 0 spiro atoms. The maximum atomic E-state index is 13.1. The highest BCUT2D eigenvalue weighted by Gasteiger charge is 2.05. The van der Waals surface area contributed by atoms with E-state index in [-0.39, 0.29) is 5.75 Å². The number of phenolic OH excluding ortho intramolecular Hbond substituents is 1. The second kappa shape index (κ2) is 4.14. The van der Waals surface area contributed by atoms with Crippen molar-refractivity contribution < 1.29 is 14.2 Å². The number of methoxy groups -OCH3 is 1. The van der Waals surface area contributed by atoms with Gasteiger partial charge in [0.2, 0.25) is 5.88 Å². The summed E-state index contributed by atoms with van der Waals surface area (Å²) >= 11 is 0. The number of phenols is 1. The van der Waals surface area contributed by atoms with Crippen molar-refractivity contribution in [1.29, 1.82) is 0 Å². The van der Waals surface area contributed by atoms with Gasteiger partial charge in [0.25, 0.3) is 0 Å². The Kier molecular flexibility index (Phi) is 2.68. The molecule has 0 saturated carbocycles. The molecule has 4 nitrogen and oxygen atoms in total. The van der Waals surface area contributed by atoms with Crippen LogP contribution in [0.15, 0.2) is 30.6 Å². The summed E-state index contributed by atoms with van der Waals surface area (Å²) in [4.78, 5) is 7.81. The summed E-state index contributed by atoms with van der Waals surface area (Å²) in [5, 5.41) is 9.27. The van der Waals surface area contributed by atoms with Gasteiger partial charge in [0.15, 0.2) is 0 Å². The standard InChI is InChI=1S/C11H9FN2O2/c1-16-11-5-10(13-6-14-11)7-2-8(12)4-9(15)3-7/h2-6,15H,1H3. The van der Waals surface area contributed by atoms with Crippen molar-refractivity contribution in [3.63, 3.8) is 0 Å².